The molecular formula is C10H11NO4. The van der Waals surface area contributed by atoms with Gasteiger partial charge in [-0.25, -0.2) is 4.79 Å². The number of carbonyl (C=O) groups is 2. The molecule has 0 aliphatic carbocycles. The Labute approximate surface area is 86.1 Å². The van der Waals surface area contributed by atoms with E-state index in [1.54, 1.807) is 6.92 Å². The number of anilines is 1. The monoisotopic (exact) mass is 209 g/mol. The first kappa shape index (κ1) is 11.0. The average molecular weight is 209 g/mol. The van der Waals surface area contributed by atoms with Gasteiger partial charge >= 0.3 is 11.9 Å². The summed E-state index contributed by atoms with van der Waals surface area (Å²) in [6.07, 6.45) is -0.202. The minimum absolute atomic E-state index is 0.0987. The first-order chi connectivity index (χ1) is 6.93. The fourth-order valence-corrected chi connectivity index (χ4v) is 1.33. The molecule has 15 heavy (non-hydrogen) atoms. The molecule has 0 aliphatic heterocycles. The van der Waals surface area contributed by atoms with Gasteiger partial charge < -0.3 is 15.9 Å². The van der Waals surface area contributed by atoms with Crippen molar-refractivity contribution in [1.29, 1.82) is 0 Å². The number of aromatic carboxylic acids is 1. The highest BCUT2D eigenvalue weighted by Gasteiger charge is 2.13. The average Bonchev–Trinajstić information content (AvgIpc) is 2.12. The molecule has 0 amide bonds. The van der Waals surface area contributed by atoms with Gasteiger partial charge in [0.25, 0.3) is 0 Å². The molecule has 5 heteroatoms. The van der Waals surface area contributed by atoms with Crippen molar-refractivity contribution in [3.63, 3.8) is 0 Å². The Morgan fingerprint density at radius 2 is 1.93 bits per heavy atom. The maximum absolute atomic E-state index is 10.7. The fraction of sp³-hybridized carbons (Fsp3) is 0.200. The van der Waals surface area contributed by atoms with Crippen LogP contribution >= 0.6 is 0 Å². The van der Waals surface area contributed by atoms with Gasteiger partial charge in [-0.3, -0.25) is 4.79 Å². The molecule has 0 aromatic heterocycles. The zero-order valence-corrected chi connectivity index (χ0v) is 8.15. The summed E-state index contributed by atoms with van der Waals surface area (Å²) in [4.78, 5) is 21.2. The number of hydrogen-bond donors (Lipinski definition) is 3. The molecule has 80 valence electrons. The number of carboxylic acids is 2. The summed E-state index contributed by atoms with van der Waals surface area (Å²) >= 11 is 0. The Balaban J connectivity index is 3.21. The Morgan fingerprint density at radius 1 is 1.33 bits per heavy atom. The second-order valence-corrected chi connectivity index (χ2v) is 3.19. The van der Waals surface area contributed by atoms with Crippen LogP contribution in [0.4, 0.5) is 5.69 Å². The molecule has 1 aromatic carbocycles. The molecule has 1 aromatic rings. The van der Waals surface area contributed by atoms with Gasteiger partial charge in [-0.1, -0.05) is 6.07 Å². The standard InChI is InChI=1S/C10H11NO4/c1-5-7(10(14)15)3-2-6(9(5)11)4-8(12)13/h2-3H,4,11H2,1H3,(H,12,13)(H,14,15). The first-order valence-corrected chi connectivity index (χ1v) is 4.26. The molecule has 0 saturated heterocycles. The van der Waals surface area contributed by atoms with Gasteiger partial charge in [-0.2, -0.15) is 0 Å². The lowest BCUT2D eigenvalue weighted by Crippen LogP contribution is -2.08. The number of benzene rings is 1. The molecule has 0 aliphatic rings. The predicted molar refractivity (Wildman–Crippen MR) is 53.9 cm³/mol. The zero-order chi connectivity index (χ0) is 11.6. The smallest absolute Gasteiger partial charge is 0.336 e. The normalized spacial score (nSPS) is 9.93. The maximum Gasteiger partial charge on any atom is 0.336 e. The number of nitrogen functional groups attached to an aromatic ring is 1. The number of rotatable bonds is 3. The highest BCUT2D eigenvalue weighted by Crippen LogP contribution is 2.21. The van der Waals surface area contributed by atoms with Gasteiger partial charge in [0.1, 0.15) is 0 Å². The molecule has 0 radical (unpaired) electrons. The predicted octanol–water partition coefficient (Wildman–Crippen LogP) is 0.903. The molecule has 0 unspecified atom stereocenters. The lowest BCUT2D eigenvalue weighted by Gasteiger charge is -2.08. The van der Waals surface area contributed by atoms with Crippen molar-refractivity contribution in [2.75, 3.05) is 5.73 Å². The molecule has 5 nitrogen and oxygen atoms in total. The van der Waals surface area contributed by atoms with E-state index in [1.165, 1.54) is 12.1 Å². The molecular weight excluding hydrogens is 198 g/mol. The largest absolute Gasteiger partial charge is 0.481 e. The summed E-state index contributed by atoms with van der Waals surface area (Å²) in [5.41, 5.74) is 6.81. The Kier molecular flexibility index (Phi) is 2.94. The molecule has 0 spiro atoms. The van der Waals surface area contributed by atoms with Crippen molar-refractivity contribution in [1.82, 2.24) is 0 Å². The van der Waals surface area contributed by atoms with Gasteiger partial charge in [0.15, 0.2) is 0 Å². The van der Waals surface area contributed by atoms with Crippen LogP contribution in [0, 0.1) is 6.92 Å². The van der Waals surface area contributed by atoms with Crippen molar-refractivity contribution < 1.29 is 19.8 Å². The number of hydrogen-bond acceptors (Lipinski definition) is 3. The van der Waals surface area contributed by atoms with Crippen LogP contribution in [0.25, 0.3) is 0 Å². The van der Waals surface area contributed by atoms with E-state index in [0.717, 1.165) is 0 Å². The Hall–Kier alpha value is -2.04. The molecule has 0 saturated carbocycles. The summed E-state index contributed by atoms with van der Waals surface area (Å²) in [7, 11) is 0. The van der Waals surface area contributed by atoms with Crippen molar-refractivity contribution in [2.45, 2.75) is 13.3 Å². The van der Waals surface area contributed by atoms with Crippen LogP contribution in [0.15, 0.2) is 12.1 Å². The van der Waals surface area contributed by atoms with E-state index in [-0.39, 0.29) is 17.7 Å². The van der Waals surface area contributed by atoms with Crippen LogP contribution in [0.1, 0.15) is 21.5 Å². The van der Waals surface area contributed by atoms with Crippen LogP contribution in [-0.4, -0.2) is 22.2 Å². The summed E-state index contributed by atoms with van der Waals surface area (Å²) < 4.78 is 0. The van der Waals surface area contributed by atoms with Crippen LogP contribution in [-0.2, 0) is 11.2 Å². The van der Waals surface area contributed by atoms with Crippen molar-refractivity contribution in [3.05, 3.63) is 28.8 Å². The zero-order valence-electron chi connectivity index (χ0n) is 8.15. The second kappa shape index (κ2) is 4.00. The quantitative estimate of drug-likeness (QED) is 0.642. The third kappa shape index (κ3) is 2.25. The number of aliphatic carboxylic acids is 1. The van der Waals surface area contributed by atoms with Crippen molar-refractivity contribution >= 4 is 17.6 Å². The summed E-state index contributed by atoms with van der Waals surface area (Å²) in [5.74, 6) is -2.06. The lowest BCUT2D eigenvalue weighted by molar-refractivity contribution is -0.136. The minimum atomic E-state index is -1.07. The molecule has 0 bridgehead atoms. The van der Waals surface area contributed by atoms with Crippen LogP contribution in [0.2, 0.25) is 0 Å². The van der Waals surface area contributed by atoms with Crippen LogP contribution in [0.5, 0.6) is 0 Å². The fourth-order valence-electron chi connectivity index (χ4n) is 1.33. The second-order valence-electron chi connectivity index (χ2n) is 3.19. The van der Waals surface area contributed by atoms with Gasteiger partial charge in [0.2, 0.25) is 0 Å². The van der Waals surface area contributed by atoms with E-state index in [1.807, 2.05) is 0 Å². The van der Waals surface area contributed by atoms with Gasteiger partial charge in [-0.15, -0.1) is 0 Å². The molecule has 1 rings (SSSR count). The molecule has 0 fully saturated rings. The highest BCUT2D eigenvalue weighted by atomic mass is 16.4. The lowest BCUT2D eigenvalue weighted by atomic mass is 10.0. The molecule has 0 heterocycles. The van der Waals surface area contributed by atoms with E-state index in [4.69, 9.17) is 15.9 Å². The van der Waals surface area contributed by atoms with Crippen LogP contribution < -0.4 is 5.73 Å². The Bertz CT molecular complexity index is 426. The third-order valence-electron chi connectivity index (χ3n) is 2.18. The van der Waals surface area contributed by atoms with E-state index in [2.05, 4.69) is 0 Å². The van der Waals surface area contributed by atoms with Gasteiger partial charge in [0.05, 0.1) is 12.0 Å². The van der Waals surface area contributed by atoms with Gasteiger partial charge in [0, 0.05) is 5.69 Å². The van der Waals surface area contributed by atoms with E-state index < -0.39 is 11.9 Å². The highest BCUT2D eigenvalue weighted by molar-refractivity contribution is 5.91. The Morgan fingerprint density at radius 3 is 2.40 bits per heavy atom. The summed E-state index contributed by atoms with van der Waals surface area (Å²) in [6.45, 7) is 1.56. The summed E-state index contributed by atoms with van der Waals surface area (Å²) in [5, 5.41) is 17.4. The van der Waals surface area contributed by atoms with Crippen LogP contribution in [0.3, 0.4) is 0 Å². The SMILES string of the molecule is Cc1c(C(=O)O)ccc(CC(=O)O)c1N. The third-order valence-corrected chi connectivity index (χ3v) is 2.18. The van der Waals surface area contributed by atoms with Crippen molar-refractivity contribution in [2.24, 2.45) is 0 Å². The first-order valence-electron chi connectivity index (χ1n) is 4.26. The topological polar surface area (TPSA) is 101 Å². The van der Waals surface area contributed by atoms with E-state index >= 15 is 0 Å². The molecule has 0 atom stereocenters. The maximum atomic E-state index is 10.7. The molecule has 4 N–H and O–H groups in total. The van der Waals surface area contributed by atoms with E-state index in [9.17, 15) is 9.59 Å². The van der Waals surface area contributed by atoms with Gasteiger partial charge in [-0.05, 0) is 24.1 Å². The van der Waals surface area contributed by atoms with E-state index in [0.29, 0.717) is 11.1 Å². The number of carboxylic acid groups (broad SMARTS) is 2. The summed E-state index contributed by atoms with van der Waals surface area (Å²) in [6, 6.07) is 2.80. The van der Waals surface area contributed by atoms with Crippen molar-refractivity contribution in [3.8, 4) is 0 Å². The minimum Gasteiger partial charge on any atom is -0.481 e. The number of nitrogens with two attached hydrogens (primary N) is 1.